The molecule has 1 saturated heterocycles. The quantitative estimate of drug-likeness (QED) is 0.498. The molecule has 0 saturated carbocycles. The molecule has 0 bridgehead atoms. The van der Waals surface area contributed by atoms with Crippen LogP contribution < -0.4 is 16.0 Å². The van der Waals surface area contributed by atoms with E-state index in [4.69, 9.17) is 4.74 Å². The third-order valence-corrected chi connectivity index (χ3v) is 5.54. The van der Waals surface area contributed by atoms with Gasteiger partial charge in [0.05, 0.1) is 19.3 Å². The molecule has 3 N–H and O–H groups in total. The molecule has 7 heteroatoms. The summed E-state index contributed by atoms with van der Waals surface area (Å²) in [6.45, 7) is 7.09. The first kappa shape index (κ1) is 23.8. The lowest BCUT2D eigenvalue weighted by Gasteiger charge is -2.31. The number of nitrogens with one attached hydrogen (secondary N) is 3. The van der Waals surface area contributed by atoms with Gasteiger partial charge in [0.15, 0.2) is 0 Å². The van der Waals surface area contributed by atoms with Gasteiger partial charge in [-0.25, -0.2) is 4.79 Å². The number of hydrogen-bond donors (Lipinski definition) is 3. The van der Waals surface area contributed by atoms with Crippen molar-refractivity contribution in [3.8, 4) is 0 Å². The Morgan fingerprint density at radius 1 is 1.00 bits per heavy atom. The fourth-order valence-corrected chi connectivity index (χ4v) is 3.61. The zero-order valence-electron chi connectivity index (χ0n) is 18.8. The minimum atomic E-state index is -0.214. The van der Waals surface area contributed by atoms with Gasteiger partial charge in [0.25, 0.3) is 5.91 Å². The Morgan fingerprint density at radius 3 is 2.41 bits per heavy atom. The number of hydrogen-bond acceptors (Lipinski definition) is 4. The Morgan fingerprint density at radius 2 is 1.72 bits per heavy atom. The molecular formula is C25H34N4O3. The second-order valence-electron chi connectivity index (χ2n) is 8.01. The molecule has 7 nitrogen and oxygen atoms in total. The first-order valence-corrected chi connectivity index (χ1v) is 11.4. The number of urea groups is 1. The highest BCUT2D eigenvalue weighted by molar-refractivity contribution is 5.94. The normalized spacial score (nSPS) is 15.0. The van der Waals surface area contributed by atoms with Crippen LogP contribution in [0.15, 0.2) is 54.6 Å². The number of morpholine rings is 1. The maximum absolute atomic E-state index is 12.6. The molecule has 0 aromatic heterocycles. The van der Waals surface area contributed by atoms with E-state index in [1.165, 1.54) is 0 Å². The van der Waals surface area contributed by atoms with Crippen molar-refractivity contribution in [2.24, 2.45) is 0 Å². The molecule has 1 fully saturated rings. The number of nitrogens with zero attached hydrogens (tertiary/aromatic N) is 1. The number of unbranched alkanes of at least 4 members (excludes halogenated alkanes) is 1. The van der Waals surface area contributed by atoms with Crippen molar-refractivity contribution < 1.29 is 14.3 Å². The Hall–Kier alpha value is -2.90. The summed E-state index contributed by atoms with van der Waals surface area (Å²) in [5.74, 6) is -0.0653. The number of amides is 3. The molecule has 0 spiro atoms. The standard InChI is InChI=1S/C25H34N4O3/c1-2-3-13-26-24(30)22-11-9-20(10-12-22)18-27-25(31)28-23(21-7-5-4-6-8-21)19-29-14-16-32-17-15-29/h4-12,23H,2-3,13-19H2,1H3,(H,26,30)(H2,27,28,31). The van der Waals surface area contributed by atoms with Crippen LogP contribution in [0, 0.1) is 0 Å². The van der Waals surface area contributed by atoms with E-state index >= 15 is 0 Å². The third-order valence-electron chi connectivity index (χ3n) is 5.54. The van der Waals surface area contributed by atoms with E-state index < -0.39 is 0 Å². The van der Waals surface area contributed by atoms with Gasteiger partial charge in [0, 0.05) is 38.3 Å². The van der Waals surface area contributed by atoms with Gasteiger partial charge in [-0.05, 0) is 29.7 Å². The van der Waals surface area contributed by atoms with Gasteiger partial charge in [-0.2, -0.15) is 0 Å². The number of rotatable bonds is 10. The van der Waals surface area contributed by atoms with E-state index in [1.807, 2.05) is 42.5 Å². The van der Waals surface area contributed by atoms with Gasteiger partial charge in [-0.1, -0.05) is 55.8 Å². The Bertz CT molecular complexity index is 836. The molecule has 32 heavy (non-hydrogen) atoms. The lowest BCUT2D eigenvalue weighted by atomic mass is 10.1. The van der Waals surface area contributed by atoms with Crippen molar-refractivity contribution >= 4 is 11.9 Å². The summed E-state index contributed by atoms with van der Waals surface area (Å²) in [5.41, 5.74) is 2.64. The smallest absolute Gasteiger partial charge is 0.315 e. The monoisotopic (exact) mass is 438 g/mol. The second kappa shape index (κ2) is 12.8. The summed E-state index contributed by atoms with van der Waals surface area (Å²) in [6, 6.07) is 17.0. The van der Waals surface area contributed by atoms with Gasteiger partial charge in [-0.3, -0.25) is 9.69 Å². The summed E-state index contributed by atoms with van der Waals surface area (Å²) in [4.78, 5) is 27.1. The summed E-state index contributed by atoms with van der Waals surface area (Å²) in [7, 11) is 0. The van der Waals surface area contributed by atoms with Gasteiger partial charge in [0.2, 0.25) is 0 Å². The maximum Gasteiger partial charge on any atom is 0.315 e. The summed E-state index contributed by atoms with van der Waals surface area (Å²) >= 11 is 0. The molecule has 0 aliphatic carbocycles. The van der Waals surface area contributed by atoms with Crippen LogP contribution in [0.4, 0.5) is 4.79 Å². The predicted molar refractivity (Wildman–Crippen MR) is 125 cm³/mol. The van der Waals surface area contributed by atoms with Crippen LogP contribution >= 0.6 is 0 Å². The molecule has 2 aromatic carbocycles. The molecular weight excluding hydrogens is 404 g/mol. The maximum atomic E-state index is 12.6. The van der Waals surface area contributed by atoms with E-state index in [2.05, 4.69) is 27.8 Å². The van der Waals surface area contributed by atoms with E-state index in [9.17, 15) is 9.59 Å². The van der Waals surface area contributed by atoms with Crippen LogP contribution in [-0.2, 0) is 11.3 Å². The van der Waals surface area contributed by atoms with Crippen LogP contribution in [0.2, 0.25) is 0 Å². The molecule has 1 unspecified atom stereocenters. The number of carbonyl (C=O) groups is 2. The Balaban J connectivity index is 1.51. The van der Waals surface area contributed by atoms with E-state index in [0.29, 0.717) is 18.7 Å². The van der Waals surface area contributed by atoms with Crippen LogP contribution in [0.3, 0.4) is 0 Å². The Kier molecular flexibility index (Phi) is 9.53. The predicted octanol–water partition coefficient (Wildman–Crippen LogP) is 3.09. The van der Waals surface area contributed by atoms with Crippen molar-refractivity contribution in [2.75, 3.05) is 39.4 Å². The first-order chi connectivity index (χ1) is 15.7. The molecule has 1 aliphatic heterocycles. The molecule has 172 valence electrons. The van der Waals surface area contributed by atoms with Crippen molar-refractivity contribution in [2.45, 2.75) is 32.4 Å². The van der Waals surface area contributed by atoms with Crippen LogP contribution in [0.5, 0.6) is 0 Å². The van der Waals surface area contributed by atoms with Crippen LogP contribution in [0.1, 0.15) is 47.3 Å². The van der Waals surface area contributed by atoms with Crippen molar-refractivity contribution in [3.05, 3.63) is 71.3 Å². The van der Waals surface area contributed by atoms with Gasteiger partial charge in [-0.15, -0.1) is 0 Å². The molecule has 2 aromatic rings. The third kappa shape index (κ3) is 7.66. The topological polar surface area (TPSA) is 82.7 Å². The van der Waals surface area contributed by atoms with Crippen molar-refractivity contribution in [1.29, 1.82) is 0 Å². The lowest BCUT2D eigenvalue weighted by Crippen LogP contribution is -2.45. The van der Waals surface area contributed by atoms with E-state index in [-0.39, 0.29) is 18.0 Å². The second-order valence-corrected chi connectivity index (χ2v) is 8.01. The highest BCUT2D eigenvalue weighted by Gasteiger charge is 2.20. The lowest BCUT2D eigenvalue weighted by molar-refractivity contribution is 0.0339. The van der Waals surface area contributed by atoms with E-state index in [0.717, 1.165) is 56.8 Å². The number of benzene rings is 2. The number of ether oxygens (including phenoxy) is 1. The SMILES string of the molecule is CCCCNC(=O)c1ccc(CNC(=O)NC(CN2CCOCC2)c2ccccc2)cc1. The zero-order chi connectivity index (χ0) is 22.6. The largest absolute Gasteiger partial charge is 0.379 e. The summed E-state index contributed by atoms with van der Waals surface area (Å²) in [5, 5.41) is 8.96. The summed E-state index contributed by atoms with van der Waals surface area (Å²) in [6.07, 6.45) is 2.02. The van der Waals surface area contributed by atoms with Crippen LogP contribution in [0.25, 0.3) is 0 Å². The first-order valence-electron chi connectivity index (χ1n) is 11.4. The molecule has 3 amide bonds. The molecule has 1 atom stereocenters. The number of carbonyl (C=O) groups excluding carboxylic acids is 2. The Labute approximate surface area is 190 Å². The average molecular weight is 439 g/mol. The average Bonchev–Trinajstić information content (AvgIpc) is 2.84. The molecule has 1 heterocycles. The molecule has 1 aliphatic rings. The van der Waals surface area contributed by atoms with Crippen molar-refractivity contribution in [1.82, 2.24) is 20.9 Å². The van der Waals surface area contributed by atoms with Gasteiger partial charge in [0.1, 0.15) is 0 Å². The van der Waals surface area contributed by atoms with Crippen molar-refractivity contribution in [3.63, 3.8) is 0 Å². The fourth-order valence-electron chi connectivity index (χ4n) is 3.61. The zero-order valence-corrected chi connectivity index (χ0v) is 18.8. The fraction of sp³-hybridized carbons (Fsp3) is 0.440. The highest BCUT2D eigenvalue weighted by atomic mass is 16.5. The van der Waals surface area contributed by atoms with Gasteiger partial charge >= 0.3 is 6.03 Å². The summed E-state index contributed by atoms with van der Waals surface area (Å²) < 4.78 is 5.44. The van der Waals surface area contributed by atoms with Crippen LogP contribution in [-0.4, -0.2) is 56.2 Å². The van der Waals surface area contributed by atoms with Gasteiger partial charge < -0.3 is 20.7 Å². The minimum Gasteiger partial charge on any atom is -0.379 e. The minimum absolute atomic E-state index is 0.0653. The van der Waals surface area contributed by atoms with E-state index in [1.54, 1.807) is 12.1 Å². The molecule has 3 rings (SSSR count). The molecule has 0 radical (unpaired) electrons. The highest BCUT2D eigenvalue weighted by Crippen LogP contribution is 2.15.